The first kappa shape index (κ1) is 18.9. The average Bonchev–Trinajstić information content (AvgIpc) is 3.38. The van der Waals surface area contributed by atoms with E-state index in [0.717, 1.165) is 28.5 Å². The zero-order valence-electron chi connectivity index (χ0n) is 15.5. The predicted molar refractivity (Wildman–Crippen MR) is 110 cm³/mol. The molecule has 0 aliphatic carbocycles. The van der Waals surface area contributed by atoms with Gasteiger partial charge in [0, 0.05) is 5.56 Å². The molecule has 1 amide bonds. The SMILES string of the molecule is C#CCNC(=O)CSc1nnc(-c2ccccc2)n1Cc1ccc2c(c1)OCO2. The minimum absolute atomic E-state index is 0.146. The first-order chi connectivity index (χ1) is 14.2. The number of amides is 1. The first-order valence-corrected chi connectivity index (χ1v) is 9.93. The lowest BCUT2D eigenvalue weighted by molar-refractivity contribution is -0.118. The highest BCUT2D eigenvalue weighted by atomic mass is 32.2. The van der Waals surface area contributed by atoms with Crippen molar-refractivity contribution in [2.45, 2.75) is 11.7 Å². The number of aromatic nitrogens is 3. The van der Waals surface area contributed by atoms with Crippen LogP contribution >= 0.6 is 11.8 Å². The third-order valence-electron chi connectivity index (χ3n) is 4.25. The first-order valence-electron chi connectivity index (χ1n) is 8.94. The van der Waals surface area contributed by atoms with Crippen molar-refractivity contribution in [1.29, 1.82) is 0 Å². The van der Waals surface area contributed by atoms with E-state index in [1.807, 2.05) is 53.1 Å². The number of rotatable bonds is 7. The highest BCUT2D eigenvalue weighted by Gasteiger charge is 2.18. The molecular formula is C21H18N4O3S. The Morgan fingerprint density at radius 2 is 2.00 bits per heavy atom. The van der Waals surface area contributed by atoms with Gasteiger partial charge in [0.2, 0.25) is 12.7 Å². The van der Waals surface area contributed by atoms with Crippen molar-refractivity contribution in [2.24, 2.45) is 0 Å². The number of nitrogens with zero attached hydrogens (tertiary/aromatic N) is 3. The molecule has 8 heteroatoms. The standard InChI is InChI=1S/C21H18N4O3S/c1-2-10-22-19(26)13-29-21-24-23-20(16-6-4-3-5-7-16)25(21)12-15-8-9-17-18(11-15)28-14-27-17/h1,3-9,11H,10,12-14H2,(H,22,26). The quantitative estimate of drug-likeness (QED) is 0.480. The zero-order valence-corrected chi connectivity index (χ0v) is 16.3. The fourth-order valence-corrected chi connectivity index (χ4v) is 3.66. The van der Waals surface area contributed by atoms with Gasteiger partial charge < -0.3 is 14.8 Å². The van der Waals surface area contributed by atoms with Crippen molar-refractivity contribution in [3.8, 4) is 35.2 Å². The van der Waals surface area contributed by atoms with Gasteiger partial charge in [-0.15, -0.1) is 16.6 Å². The van der Waals surface area contributed by atoms with E-state index in [1.54, 1.807) is 0 Å². The maximum Gasteiger partial charge on any atom is 0.231 e. The third kappa shape index (κ3) is 4.36. The zero-order chi connectivity index (χ0) is 20.1. The largest absolute Gasteiger partial charge is 0.454 e. The van der Waals surface area contributed by atoms with E-state index in [4.69, 9.17) is 15.9 Å². The van der Waals surface area contributed by atoms with E-state index in [1.165, 1.54) is 11.8 Å². The van der Waals surface area contributed by atoms with Crippen molar-refractivity contribution >= 4 is 17.7 Å². The van der Waals surface area contributed by atoms with Crippen molar-refractivity contribution in [1.82, 2.24) is 20.1 Å². The molecule has 7 nitrogen and oxygen atoms in total. The van der Waals surface area contributed by atoms with Gasteiger partial charge in [-0.05, 0) is 17.7 Å². The Morgan fingerprint density at radius 1 is 1.17 bits per heavy atom. The second kappa shape index (κ2) is 8.71. The summed E-state index contributed by atoms with van der Waals surface area (Å²) in [4.78, 5) is 11.9. The minimum atomic E-state index is -0.146. The maximum atomic E-state index is 11.9. The van der Waals surface area contributed by atoms with Crippen LogP contribution in [0.25, 0.3) is 11.4 Å². The lowest BCUT2D eigenvalue weighted by Gasteiger charge is -2.11. The topological polar surface area (TPSA) is 78.3 Å². The van der Waals surface area contributed by atoms with Crippen LogP contribution in [0, 0.1) is 12.3 Å². The van der Waals surface area contributed by atoms with Crippen LogP contribution in [0.1, 0.15) is 5.56 Å². The molecular weight excluding hydrogens is 388 g/mol. The van der Waals surface area contributed by atoms with E-state index in [0.29, 0.717) is 11.7 Å². The van der Waals surface area contributed by atoms with Gasteiger partial charge in [0.05, 0.1) is 18.8 Å². The summed E-state index contributed by atoms with van der Waals surface area (Å²) >= 11 is 1.32. The molecule has 0 fully saturated rings. The number of nitrogens with one attached hydrogen (secondary N) is 1. The van der Waals surface area contributed by atoms with E-state index >= 15 is 0 Å². The number of hydrogen-bond donors (Lipinski definition) is 1. The molecule has 1 aliphatic rings. The number of benzene rings is 2. The van der Waals surface area contributed by atoms with Crippen molar-refractivity contribution < 1.29 is 14.3 Å². The van der Waals surface area contributed by atoms with Crippen LogP contribution in [0.5, 0.6) is 11.5 Å². The Kier molecular flexibility index (Phi) is 5.68. The Morgan fingerprint density at radius 3 is 2.83 bits per heavy atom. The van der Waals surface area contributed by atoms with Gasteiger partial charge in [0.15, 0.2) is 22.5 Å². The second-order valence-corrected chi connectivity index (χ2v) is 7.16. The molecule has 0 bridgehead atoms. The Hall–Kier alpha value is -3.44. The molecule has 29 heavy (non-hydrogen) atoms. The van der Waals surface area contributed by atoms with Crippen LogP contribution in [0.15, 0.2) is 53.7 Å². The van der Waals surface area contributed by atoms with Crippen LogP contribution in [0.3, 0.4) is 0 Å². The Bertz CT molecular complexity index is 1060. The molecule has 0 atom stereocenters. The number of fused-ring (bicyclic) bond motifs is 1. The van der Waals surface area contributed by atoms with Gasteiger partial charge in [-0.1, -0.05) is 54.1 Å². The van der Waals surface area contributed by atoms with E-state index in [-0.39, 0.29) is 25.0 Å². The molecule has 4 rings (SSSR count). The third-order valence-corrected chi connectivity index (χ3v) is 5.21. The summed E-state index contributed by atoms with van der Waals surface area (Å²) in [5, 5.41) is 12.0. The fourth-order valence-electron chi connectivity index (χ4n) is 2.89. The highest BCUT2D eigenvalue weighted by Crippen LogP contribution is 2.33. The summed E-state index contributed by atoms with van der Waals surface area (Å²) in [6, 6.07) is 15.6. The molecule has 0 radical (unpaired) electrons. The summed E-state index contributed by atoms with van der Waals surface area (Å²) < 4.78 is 12.9. The van der Waals surface area contributed by atoms with E-state index in [9.17, 15) is 4.79 Å². The van der Waals surface area contributed by atoms with Gasteiger partial charge in [-0.2, -0.15) is 0 Å². The van der Waals surface area contributed by atoms with Crippen LogP contribution in [0.4, 0.5) is 0 Å². The Labute approximate surface area is 172 Å². The van der Waals surface area contributed by atoms with Crippen molar-refractivity contribution in [2.75, 3.05) is 19.1 Å². The average molecular weight is 406 g/mol. The normalized spacial score (nSPS) is 11.8. The second-order valence-electron chi connectivity index (χ2n) is 6.22. The van der Waals surface area contributed by atoms with E-state index < -0.39 is 0 Å². The highest BCUT2D eigenvalue weighted by molar-refractivity contribution is 7.99. The molecule has 1 aliphatic heterocycles. The summed E-state index contributed by atoms with van der Waals surface area (Å²) in [7, 11) is 0. The monoisotopic (exact) mass is 406 g/mol. The number of thioether (sulfide) groups is 1. The summed E-state index contributed by atoms with van der Waals surface area (Å²) in [5.74, 6) is 4.64. The lowest BCUT2D eigenvalue weighted by atomic mass is 10.2. The maximum absolute atomic E-state index is 11.9. The van der Waals surface area contributed by atoms with Gasteiger partial charge in [0.1, 0.15) is 0 Å². The predicted octanol–water partition coefficient (Wildman–Crippen LogP) is 2.56. The van der Waals surface area contributed by atoms with E-state index in [2.05, 4.69) is 21.4 Å². The smallest absolute Gasteiger partial charge is 0.231 e. The summed E-state index contributed by atoms with van der Waals surface area (Å²) in [6.07, 6.45) is 5.18. The van der Waals surface area contributed by atoms with Gasteiger partial charge in [0.25, 0.3) is 0 Å². The molecule has 2 heterocycles. The van der Waals surface area contributed by atoms with Crippen LogP contribution < -0.4 is 14.8 Å². The minimum Gasteiger partial charge on any atom is -0.454 e. The molecule has 0 unspecified atom stereocenters. The number of hydrogen-bond acceptors (Lipinski definition) is 6. The summed E-state index contributed by atoms with van der Waals surface area (Å²) in [6.45, 7) is 0.968. The molecule has 3 aromatic rings. The van der Waals surface area contributed by atoms with Gasteiger partial charge in [-0.25, -0.2) is 0 Å². The molecule has 0 spiro atoms. The fraction of sp³-hybridized carbons (Fsp3) is 0.190. The van der Waals surface area contributed by atoms with Gasteiger partial charge in [-0.3, -0.25) is 9.36 Å². The molecule has 1 aromatic heterocycles. The number of carbonyl (C=O) groups is 1. The molecule has 0 saturated heterocycles. The Balaban J connectivity index is 1.61. The molecule has 1 N–H and O–H groups in total. The summed E-state index contributed by atoms with van der Waals surface area (Å²) in [5.41, 5.74) is 1.97. The number of ether oxygens (including phenoxy) is 2. The van der Waals surface area contributed by atoms with Crippen LogP contribution in [-0.2, 0) is 11.3 Å². The molecule has 2 aromatic carbocycles. The molecule has 0 saturated carbocycles. The van der Waals surface area contributed by atoms with Crippen LogP contribution in [0.2, 0.25) is 0 Å². The number of terminal acetylenes is 1. The van der Waals surface area contributed by atoms with Crippen molar-refractivity contribution in [3.63, 3.8) is 0 Å². The lowest BCUT2D eigenvalue weighted by Crippen LogP contribution is -2.25. The molecule has 146 valence electrons. The number of carbonyl (C=O) groups excluding carboxylic acids is 1. The van der Waals surface area contributed by atoms with Crippen molar-refractivity contribution in [3.05, 3.63) is 54.1 Å². The van der Waals surface area contributed by atoms with Gasteiger partial charge >= 0.3 is 0 Å². The van der Waals surface area contributed by atoms with Crippen LogP contribution in [-0.4, -0.2) is 39.8 Å².